The maximum absolute atomic E-state index is 6.07. The van der Waals surface area contributed by atoms with Gasteiger partial charge < -0.3 is 5.32 Å². The fraction of sp³-hybridized carbons (Fsp3) is 0.500. The smallest absolute Gasteiger partial charge is 0.0550 e. The molecule has 0 spiro atoms. The van der Waals surface area contributed by atoms with Crippen molar-refractivity contribution in [3.63, 3.8) is 0 Å². The van der Waals surface area contributed by atoms with Crippen LogP contribution >= 0.6 is 27.5 Å². The summed E-state index contributed by atoms with van der Waals surface area (Å²) in [5, 5.41) is 4.21. The van der Waals surface area contributed by atoms with E-state index >= 15 is 0 Å². The van der Waals surface area contributed by atoms with Gasteiger partial charge in [-0.2, -0.15) is 0 Å². The summed E-state index contributed by atoms with van der Waals surface area (Å²) in [7, 11) is 0. The lowest BCUT2D eigenvalue weighted by atomic mass is 9.91. The van der Waals surface area contributed by atoms with Crippen LogP contribution in [0, 0.1) is 5.92 Å². The summed E-state index contributed by atoms with van der Waals surface area (Å²) in [5.74, 6) is 0.823. The monoisotopic (exact) mass is 287 g/mol. The van der Waals surface area contributed by atoms with Crippen molar-refractivity contribution in [2.24, 2.45) is 5.92 Å². The second-order valence-corrected chi connectivity index (χ2v) is 5.41. The minimum Gasteiger partial charge on any atom is -0.317 e. The second-order valence-electron chi connectivity index (χ2n) is 4.15. The van der Waals surface area contributed by atoms with Gasteiger partial charge in [-0.1, -0.05) is 17.7 Å². The fourth-order valence-corrected chi connectivity index (χ4v) is 2.54. The molecule has 1 aromatic rings. The first-order valence-electron chi connectivity index (χ1n) is 5.40. The predicted octanol–water partition coefficient (Wildman–Crippen LogP) is 3.64. The van der Waals surface area contributed by atoms with Crippen LogP contribution in [0.25, 0.3) is 0 Å². The number of rotatable bonds is 2. The first-order valence-corrected chi connectivity index (χ1v) is 6.57. The Bertz CT molecular complexity index is 334. The zero-order valence-electron chi connectivity index (χ0n) is 8.60. The number of halogens is 2. The van der Waals surface area contributed by atoms with Gasteiger partial charge in [0.25, 0.3) is 0 Å². The summed E-state index contributed by atoms with van der Waals surface area (Å²) < 4.78 is 0.984. The van der Waals surface area contributed by atoms with E-state index in [1.807, 2.05) is 6.07 Å². The van der Waals surface area contributed by atoms with Crippen molar-refractivity contribution in [1.29, 1.82) is 0 Å². The largest absolute Gasteiger partial charge is 0.317 e. The molecule has 0 amide bonds. The third-order valence-corrected chi connectivity index (χ3v) is 4.20. The number of hydrogen-bond acceptors (Lipinski definition) is 1. The number of nitrogens with one attached hydrogen (secondary N) is 1. The van der Waals surface area contributed by atoms with E-state index < -0.39 is 0 Å². The number of piperidine rings is 1. The molecule has 0 saturated carbocycles. The van der Waals surface area contributed by atoms with E-state index in [1.54, 1.807) is 0 Å². The van der Waals surface area contributed by atoms with Gasteiger partial charge in [0.1, 0.15) is 0 Å². The molecule has 2 rings (SSSR count). The molecule has 1 N–H and O–H groups in total. The lowest BCUT2D eigenvalue weighted by Gasteiger charge is -2.22. The predicted molar refractivity (Wildman–Crippen MR) is 68.4 cm³/mol. The van der Waals surface area contributed by atoms with Crippen LogP contribution in [0.2, 0.25) is 5.02 Å². The molecule has 1 aromatic carbocycles. The molecule has 0 aliphatic carbocycles. The van der Waals surface area contributed by atoms with Crippen LogP contribution in [0.5, 0.6) is 0 Å². The maximum atomic E-state index is 6.07. The third kappa shape index (κ3) is 3.20. The molecule has 0 bridgehead atoms. The summed E-state index contributed by atoms with van der Waals surface area (Å²) in [6.07, 6.45) is 3.73. The Labute approximate surface area is 104 Å². The average Bonchev–Trinajstić information content (AvgIpc) is 2.25. The molecule has 1 nitrogen and oxygen atoms in total. The van der Waals surface area contributed by atoms with Crippen molar-refractivity contribution >= 4 is 27.5 Å². The topological polar surface area (TPSA) is 12.0 Å². The van der Waals surface area contributed by atoms with Crippen LogP contribution in [0.4, 0.5) is 0 Å². The van der Waals surface area contributed by atoms with E-state index in [4.69, 9.17) is 11.6 Å². The standard InChI is InChI=1S/C12H15BrClN/c13-11-2-1-10(8-12(11)14)7-9-3-5-15-6-4-9/h1-2,8-9,15H,3-7H2. The number of benzene rings is 1. The van der Waals surface area contributed by atoms with Gasteiger partial charge in [0.2, 0.25) is 0 Å². The quantitative estimate of drug-likeness (QED) is 0.876. The first-order chi connectivity index (χ1) is 7.25. The summed E-state index contributed by atoms with van der Waals surface area (Å²) >= 11 is 9.48. The van der Waals surface area contributed by atoms with Crippen LogP contribution in [0.1, 0.15) is 18.4 Å². The summed E-state index contributed by atoms with van der Waals surface area (Å²) in [6.45, 7) is 2.32. The highest BCUT2D eigenvalue weighted by Crippen LogP contribution is 2.26. The molecule has 0 radical (unpaired) electrons. The minimum absolute atomic E-state index is 0.821. The molecular weight excluding hydrogens is 273 g/mol. The summed E-state index contributed by atoms with van der Waals surface area (Å²) in [5.41, 5.74) is 1.36. The molecular formula is C12H15BrClN. The van der Waals surface area contributed by atoms with Gasteiger partial charge in [0, 0.05) is 4.47 Å². The zero-order chi connectivity index (χ0) is 10.7. The fourth-order valence-electron chi connectivity index (χ4n) is 2.09. The van der Waals surface area contributed by atoms with Gasteiger partial charge in [-0.3, -0.25) is 0 Å². The highest BCUT2D eigenvalue weighted by molar-refractivity contribution is 9.10. The van der Waals surface area contributed by atoms with E-state index in [1.165, 1.54) is 18.4 Å². The van der Waals surface area contributed by atoms with E-state index in [0.717, 1.165) is 34.9 Å². The molecule has 1 aliphatic rings. The molecule has 1 heterocycles. The van der Waals surface area contributed by atoms with Gasteiger partial charge in [0.05, 0.1) is 5.02 Å². The van der Waals surface area contributed by atoms with Crippen molar-refractivity contribution in [2.45, 2.75) is 19.3 Å². The first kappa shape index (κ1) is 11.4. The Morgan fingerprint density at radius 2 is 2.07 bits per heavy atom. The lowest BCUT2D eigenvalue weighted by Crippen LogP contribution is -2.28. The summed E-state index contributed by atoms with van der Waals surface area (Å²) in [4.78, 5) is 0. The van der Waals surface area contributed by atoms with E-state index in [-0.39, 0.29) is 0 Å². The van der Waals surface area contributed by atoms with Crippen LogP contribution in [-0.4, -0.2) is 13.1 Å². The van der Waals surface area contributed by atoms with Gasteiger partial charge >= 0.3 is 0 Å². The molecule has 0 atom stereocenters. The van der Waals surface area contributed by atoms with Crippen molar-refractivity contribution < 1.29 is 0 Å². The summed E-state index contributed by atoms with van der Waals surface area (Å²) in [6, 6.07) is 6.28. The van der Waals surface area contributed by atoms with Gasteiger partial charge in [-0.05, 0) is 71.9 Å². The van der Waals surface area contributed by atoms with Crippen molar-refractivity contribution in [3.8, 4) is 0 Å². The Kier molecular flexibility index (Phi) is 4.06. The zero-order valence-corrected chi connectivity index (χ0v) is 10.9. The highest BCUT2D eigenvalue weighted by atomic mass is 79.9. The van der Waals surface area contributed by atoms with E-state index in [9.17, 15) is 0 Å². The molecule has 3 heteroatoms. The molecule has 0 unspecified atom stereocenters. The average molecular weight is 289 g/mol. The maximum Gasteiger partial charge on any atom is 0.0550 e. The van der Waals surface area contributed by atoms with Crippen molar-refractivity contribution in [1.82, 2.24) is 5.32 Å². The van der Waals surface area contributed by atoms with E-state index in [0.29, 0.717) is 0 Å². The molecule has 82 valence electrons. The van der Waals surface area contributed by atoms with Crippen molar-refractivity contribution in [2.75, 3.05) is 13.1 Å². The van der Waals surface area contributed by atoms with Gasteiger partial charge in [-0.15, -0.1) is 0 Å². The van der Waals surface area contributed by atoms with E-state index in [2.05, 4.69) is 33.4 Å². The van der Waals surface area contributed by atoms with Crippen LogP contribution in [-0.2, 0) is 6.42 Å². The SMILES string of the molecule is Clc1cc(CC2CCNCC2)ccc1Br. The number of hydrogen-bond donors (Lipinski definition) is 1. The molecule has 1 saturated heterocycles. The second kappa shape index (κ2) is 5.33. The Hall–Kier alpha value is -0.0500. The Balaban J connectivity index is 2.00. The van der Waals surface area contributed by atoms with Crippen LogP contribution in [0.3, 0.4) is 0 Å². The molecule has 1 aliphatic heterocycles. The van der Waals surface area contributed by atoms with Crippen molar-refractivity contribution in [3.05, 3.63) is 33.3 Å². The highest BCUT2D eigenvalue weighted by Gasteiger charge is 2.13. The molecule has 15 heavy (non-hydrogen) atoms. The normalized spacial score (nSPS) is 18.0. The minimum atomic E-state index is 0.821. The van der Waals surface area contributed by atoms with Crippen LogP contribution in [0.15, 0.2) is 22.7 Å². The Morgan fingerprint density at radius 1 is 1.33 bits per heavy atom. The molecule has 1 fully saturated rings. The molecule has 0 aromatic heterocycles. The third-order valence-electron chi connectivity index (χ3n) is 2.97. The lowest BCUT2D eigenvalue weighted by molar-refractivity contribution is 0.372. The van der Waals surface area contributed by atoms with Crippen LogP contribution < -0.4 is 5.32 Å². The van der Waals surface area contributed by atoms with Gasteiger partial charge in [-0.25, -0.2) is 0 Å². The Morgan fingerprint density at radius 3 is 2.73 bits per heavy atom. The van der Waals surface area contributed by atoms with Gasteiger partial charge in [0.15, 0.2) is 0 Å².